The van der Waals surface area contributed by atoms with E-state index >= 15 is 0 Å². The molecule has 0 saturated carbocycles. The Labute approximate surface area is 116 Å². The van der Waals surface area contributed by atoms with Crippen molar-refractivity contribution in [2.24, 2.45) is 5.92 Å². The van der Waals surface area contributed by atoms with Gasteiger partial charge in [0.1, 0.15) is 10.8 Å². The molecule has 0 saturated heterocycles. The predicted octanol–water partition coefficient (Wildman–Crippen LogP) is 3.40. The van der Waals surface area contributed by atoms with Crippen molar-refractivity contribution >= 4 is 11.5 Å². The highest BCUT2D eigenvalue weighted by atomic mass is 32.1. The smallest absolute Gasteiger partial charge is 0.147 e. The van der Waals surface area contributed by atoms with Crippen LogP contribution in [0.25, 0.3) is 0 Å². The average molecular weight is 269 g/mol. The van der Waals surface area contributed by atoms with Crippen molar-refractivity contribution in [3.8, 4) is 0 Å². The summed E-state index contributed by atoms with van der Waals surface area (Å²) in [4.78, 5) is 4.68. The van der Waals surface area contributed by atoms with Crippen LogP contribution >= 0.6 is 11.5 Å². The standard InChI is InChI=1S/C14H27N3S/c1-7-15-11(8-10(2)3)9-12-16-13(17-18-12)14(4,5)6/h10-11,15H,7-9H2,1-6H3. The molecule has 0 bridgehead atoms. The third-order valence-corrected chi connectivity index (χ3v) is 3.54. The van der Waals surface area contributed by atoms with Crippen LogP contribution in [0.5, 0.6) is 0 Å². The lowest BCUT2D eigenvalue weighted by atomic mass is 9.96. The zero-order valence-electron chi connectivity index (χ0n) is 12.6. The van der Waals surface area contributed by atoms with Gasteiger partial charge in [0.2, 0.25) is 0 Å². The molecule has 1 unspecified atom stereocenters. The van der Waals surface area contributed by atoms with E-state index in [1.807, 2.05) is 0 Å². The molecule has 0 amide bonds. The van der Waals surface area contributed by atoms with E-state index in [0.29, 0.717) is 12.0 Å². The van der Waals surface area contributed by atoms with Gasteiger partial charge in [0.05, 0.1) is 0 Å². The van der Waals surface area contributed by atoms with Crippen molar-refractivity contribution in [3.05, 3.63) is 10.8 Å². The highest BCUT2D eigenvalue weighted by Gasteiger charge is 2.21. The second-order valence-electron chi connectivity index (χ2n) is 6.35. The number of rotatable bonds is 6. The molecule has 1 rings (SSSR count). The zero-order chi connectivity index (χ0) is 13.8. The predicted molar refractivity (Wildman–Crippen MR) is 79.2 cm³/mol. The Morgan fingerprint density at radius 3 is 2.39 bits per heavy atom. The van der Waals surface area contributed by atoms with Gasteiger partial charge in [0.25, 0.3) is 0 Å². The SMILES string of the molecule is CCNC(Cc1nc(C(C)(C)C)ns1)CC(C)C. The molecule has 1 aromatic heterocycles. The van der Waals surface area contributed by atoms with Gasteiger partial charge >= 0.3 is 0 Å². The van der Waals surface area contributed by atoms with Gasteiger partial charge in [-0.05, 0) is 30.4 Å². The van der Waals surface area contributed by atoms with E-state index in [2.05, 4.69) is 56.2 Å². The van der Waals surface area contributed by atoms with Gasteiger partial charge in [-0.3, -0.25) is 0 Å². The van der Waals surface area contributed by atoms with Crippen molar-refractivity contribution in [2.45, 2.75) is 65.8 Å². The van der Waals surface area contributed by atoms with Crippen LogP contribution in [0, 0.1) is 5.92 Å². The molecule has 4 heteroatoms. The lowest BCUT2D eigenvalue weighted by molar-refractivity contribution is 0.422. The molecule has 104 valence electrons. The number of nitrogens with one attached hydrogen (secondary N) is 1. The van der Waals surface area contributed by atoms with E-state index in [4.69, 9.17) is 0 Å². The van der Waals surface area contributed by atoms with Gasteiger partial charge in [-0.15, -0.1) is 0 Å². The lowest BCUT2D eigenvalue weighted by Crippen LogP contribution is -2.32. The Bertz CT molecular complexity index is 352. The van der Waals surface area contributed by atoms with Crippen LogP contribution in [0.2, 0.25) is 0 Å². The monoisotopic (exact) mass is 269 g/mol. The van der Waals surface area contributed by atoms with E-state index < -0.39 is 0 Å². The van der Waals surface area contributed by atoms with Gasteiger partial charge < -0.3 is 5.32 Å². The minimum atomic E-state index is 0.0560. The molecule has 3 nitrogen and oxygen atoms in total. The molecule has 0 radical (unpaired) electrons. The van der Waals surface area contributed by atoms with Crippen molar-refractivity contribution in [1.82, 2.24) is 14.7 Å². The maximum Gasteiger partial charge on any atom is 0.147 e. The topological polar surface area (TPSA) is 37.8 Å². The molecule has 0 aliphatic heterocycles. The molecule has 0 aliphatic carbocycles. The lowest BCUT2D eigenvalue weighted by Gasteiger charge is -2.18. The first-order chi connectivity index (χ1) is 8.32. The third kappa shape index (κ3) is 5.02. The molecule has 18 heavy (non-hydrogen) atoms. The van der Waals surface area contributed by atoms with Crippen molar-refractivity contribution in [3.63, 3.8) is 0 Å². The summed E-state index contributed by atoms with van der Waals surface area (Å²) < 4.78 is 4.48. The van der Waals surface area contributed by atoms with Crippen molar-refractivity contribution < 1.29 is 0 Å². The fourth-order valence-corrected chi connectivity index (χ4v) is 2.86. The van der Waals surface area contributed by atoms with Gasteiger partial charge in [0.15, 0.2) is 0 Å². The molecule has 1 N–H and O–H groups in total. The summed E-state index contributed by atoms with van der Waals surface area (Å²) in [7, 11) is 0. The molecule has 0 aliphatic rings. The Morgan fingerprint density at radius 1 is 1.28 bits per heavy atom. The summed E-state index contributed by atoms with van der Waals surface area (Å²) in [6.45, 7) is 14.2. The second-order valence-corrected chi connectivity index (χ2v) is 7.19. The van der Waals surface area contributed by atoms with E-state index in [1.165, 1.54) is 6.42 Å². The Morgan fingerprint density at radius 2 is 1.94 bits per heavy atom. The first kappa shape index (κ1) is 15.6. The fraction of sp³-hybridized carbons (Fsp3) is 0.857. The summed E-state index contributed by atoms with van der Waals surface area (Å²) in [5.41, 5.74) is 0.0560. The molecular weight excluding hydrogens is 242 g/mol. The van der Waals surface area contributed by atoms with Crippen LogP contribution in [0.15, 0.2) is 0 Å². The zero-order valence-corrected chi connectivity index (χ0v) is 13.4. The number of aromatic nitrogens is 2. The third-order valence-electron chi connectivity index (χ3n) is 2.81. The molecule has 1 aromatic rings. The molecule has 1 heterocycles. The van der Waals surface area contributed by atoms with E-state index in [1.54, 1.807) is 11.5 Å². The molecule has 1 atom stereocenters. The number of hydrogen-bond acceptors (Lipinski definition) is 4. The maximum atomic E-state index is 4.68. The summed E-state index contributed by atoms with van der Waals surface area (Å²) >= 11 is 1.56. The highest BCUT2D eigenvalue weighted by molar-refractivity contribution is 7.05. The summed E-state index contributed by atoms with van der Waals surface area (Å²) in [5.74, 6) is 1.69. The molecule has 0 spiro atoms. The van der Waals surface area contributed by atoms with Gasteiger partial charge in [-0.1, -0.05) is 41.5 Å². The van der Waals surface area contributed by atoms with Gasteiger partial charge in [-0.2, -0.15) is 4.37 Å². The molecule has 0 fully saturated rings. The van der Waals surface area contributed by atoms with E-state index in [9.17, 15) is 0 Å². The summed E-state index contributed by atoms with van der Waals surface area (Å²) in [6, 6.07) is 0.524. The number of likely N-dealkylation sites (N-methyl/N-ethyl adjacent to an activating group) is 1. The average Bonchev–Trinajstić information content (AvgIpc) is 2.64. The van der Waals surface area contributed by atoms with Gasteiger partial charge in [0, 0.05) is 17.9 Å². The number of nitrogens with zero attached hydrogens (tertiary/aromatic N) is 2. The minimum Gasteiger partial charge on any atom is -0.314 e. The van der Waals surface area contributed by atoms with E-state index in [0.717, 1.165) is 23.8 Å². The maximum absolute atomic E-state index is 4.68. The molecular formula is C14H27N3S. The van der Waals surface area contributed by atoms with Crippen LogP contribution in [0.3, 0.4) is 0 Å². The minimum absolute atomic E-state index is 0.0560. The summed E-state index contributed by atoms with van der Waals surface area (Å²) in [6.07, 6.45) is 2.19. The largest absolute Gasteiger partial charge is 0.314 e. The van der Waals surface area contributed by atoms with Crippen LogP contribution in [-0.2, 0) is 11.8 Å². The fourth-order valence-electron chi connectivity index (χ4n) is 1.95. The Hall–Kier alpha value is -0.480. The summed E-state index contributed by atoms with van der Waals surface area (Å²) in [5, 5.41) is 4.71. The van der Waals surface area contributed by atoms with Crippen molar-refractivity contribution in [2.75, 3.05) is 6.54 Å². The first-order valence-corrected chi connectivity index (χ1v) is 7.66. The number of hydrogen-bond donors (Lipinski definition) is 1. The normalized spacial score (nSPS) is 14.2. The van der Waals surface area contributed by atoms with Gasteiger partial charge in [-0.25, -0.2) is 4.98 Å². The van der Waals surface area contributed by atoms with Crippen LogP contribution < -0.4 is 5.32 Å². The van der Waals surface area contributed by atoms with Crippen molar-refractivity contribution in [1.29, 1.82) is 0 Å². The first-order valence-electron chi connectivity index (χ1n) is 6.89. The van der Waals surface area contributed by atoms with Crippen LogP contribution in [0.1, 0.15) is 58.8 Å². The second kappa shape index (κ2) is 6.62. The molecule has 0 aromatic carbocycles. The Balaban J connectivity index is 2.66. The quantitative estimate of drug-likeness (QED) is 0.860. The van der Waals surface area contributed by atoms with E-state index in [-0.39, 0.29) is 5.41 Å². The highest BCUT2D eigenvalue weighted by Crippen LogP contribution is 2.21. The Kier molecular flexibility index (Phi) is 5.73. The van der Waals surface area contributed by atoms with Crippen LogP contribution in [0.4, 0.5) is 0 Å². The van der Waals surface area contributed by atoms with Crippen LogP contribution in [-0.4, -0.2) is 21.9 Å².